The molecule has 2 aromatic rings. The molecule has 3 nitrogen and oxygen atoms in total. The van der Waals surface area contributed by atoms with Crippen LogP contribution in [0.4, 0.5) is 0 Å². The van der Waals surface area contributed by atoms with Crippen molar-refractivity contribution < 1.29 is 4.79 Å². The highest BCUT2D eigenvalue weighted by Gasteiger charge is 2.33. The molecule has 1 heterocycles. The molecule has 0 bridgehead atoms. The first-order chi connectivity index (χ1) is 10.1. The maximum atomic E-state index is 12.9. The van der Waals surface area contributed by atoms with Gasteiger partial charge in [0.1, 0.15) is 0 Å². The molecular formula is C16H14Br2N2O. The Kier molecular flexibility index (Phi) is 4.40. The van der Waals surface area contributed by atoms with Gasteiger partial charge in [-0.3, -0.25) is 9.78 Å². The number of rotatable bonds is 4. The predicted octanol–water partition coefficient (Wildman–Crippen LogP) is 4.41. The summed E-state index contributed by atoms with van der Waals surface area (Å²) in [6.07, 6.45) is 5.70. The number of carbonyl (C=O) groups excluding carboxylic acids is 1. The highest BCUT2D eigenvalue weighted by molar-refractivity contribution is 9.11. The Morgan fingerprint density at radius 3 is 2.57 bits per heavy atom. The van der Waals surface area contributed by atoms with Crippen LogP contribution in [-0.4, -0.2) is 21.8 Å². The number of nitrogens with zero attached hydrogens (tertiary/aromatic N) is 2. The monoisotopic (exact) mass is 408 g/mol. The average molecular weight is 410 g/mol. The fourth-order valence-corrected chi connectivity index (χ4v) is 3.03. The molecule has 0 unspecified atom stereocenters. The molecule has 3 rings (SSSR count). The molecule has 0 aliphatic heterocycles. The molecule has 108 valence electrons. The summed E-state index contributed by atoms with van der Waals surface area (Å²) in [5, 5.41) is 0. The number of amides is 1. The Bertz CT molecular complexity index is 657. The van der Waals surface area contributed by atoms with Crippen molar-refractivity contribution in [3.63, 3.8) is 0 Å². The number of hydrogen-bond donors (Lipinski definition) is 0. The zero-order valence-corrected chi connectivity index (χ0v) is 14.5. The van der Waals surface area contributed by atoms with Crippen LogP contribution in [0.25, 0.3) is 0 Å². The third-order valence-corrected chi connectivity index (χ3v) is 4.69. The second kappa shape index (κ2) is 6.28. The summed E-state index contributed by atoms with van der Waals surface area (Å²) >= 11 is 6.91. The number of halogens is 2. The van der Waals surface area contributed by atoms with Gasteiger partial charge in [-0.05, 0) is 64.7 Å². The smallest absolute Gasteiger partial charge is 0.255 e. The number of benzene rings is 1. The summed E-state index contributed by atoms with van der Waals surface area (Å²) in [5.74, 6) is 0.0717. The maximum Gasteiger partial charge on any atom is 0.255 e. The number of pyridine rings is 1. The Labute approximate surface area is 140 Å². The van der Waals surface area contributed by atoms with Crippen molar-refractivity contribution in [2.75, 3.05) is 0 Å². The lowest BCUT2D eigenvalue weighted by molar-refractivity contribution is 0.0729. The van der Waals surface area contributed by atoms with E-state index in [1.54, 1.807) is 12.4 Å². The largest absolute Gasteiger partial charge is 0.331 e. The van der Waals surface area contributed by atoms with Gasteiger partial charge in [0.15, 0.2) is 0 Å². The van der Waals surface area contributed by atoms with Crippen LogP contribution < -0.4 is 0 Å². The zero-order chi connectivity index (χ0) is 14.8. The van der Waals surface area contributed by atoms with E-state index < -0.39 is 0 Å². The molecule has 21 heavy (non-hydrogen) atoms. The molecular weight excluding hydrogens is 396 g/mol. The minimum absolute atomic E-state index is 0.0717. The van der Waals surface area contributed by atoms with E-state index in [0.29, 0.717) is 18.2 Å². The van der Waals surface area contributed by atoms with Crippen LogP contribution in [0.1, 0.15) is 28.8 Å². The molecule has 1 saturated carbocycles. The molecule has 0 saturated heterocycles. The minimum atomic E-state index is 0.0717. The summed E-state index contributed by atoms with van der Waals surface area (Å²) in [5.41, 5.74) is 1.81. The lowest BCUT2D eigenvalue weighted by Gasteiger charge is -2.23. The van der Waals surface area contributed by atoms with E-state index in [1.807, 2.05) is 35.2 Å². The number of carbonyl (C=O) groups is 1. The molecule has 1 amide bonds. The van der Waals surface area contributed by atoms with Crippen molar-refractivity contribution in [1.82, 2.24) is 9.88 Å². The van der Waals surface area contributed by atoms with Crippen molar-refractivity contribution >= 4 is 37.8 Å². The van der Waals surface area contributed by atoms with E-state index in [-0.39, 0.29) is 5.91 Å². The molecule has 1 aliphatic carbocycles. The molecule has 1 aromatic carbocycles. The molecule has 1 aliphatic rings. The normalized spacial score (nSPS) is 14.0. The first kappa shape index (κ1) is 14.7. The van der Waals surface area contributed by atoms with Crippen LogP contribution >= 0.6 is 31.9 Å². The van der Waals surface area contributed by atoms with Gasteiger partial charge in [0, 0.05) is 33.9 Å². The fraction of sp³-hybridized carbons (Fsp3) is 0.250. The van der Waals surface area contributed by atoms with Crippen molar-refractivity contribution in [3.05, 3.63) is 62.8 Å². The molecule has 0 N–H and O–H groups in total. The fourth-order valence-electron chi connectivity index (χ4n) is 2.25. The summed E-state index contributed by atoms with van der Waals surface area (Å²) in [7, 11) is 0. The van der Waals surface area contributed by atoms with Crippen LogP contribution in [0.5, 0.6) is 0 Å². The van der Waals surface area contributed by atoms with Gasteiger partial charge in [0.25, 0.3) is 5.91 Å². The average Bonchev–Trinajstić information content (AvgIpc) is 3.32. The van der Waals surface area contributed by atoms with Crippen LogP contribution in [0.2, 0.25) is 0 Å². The van der Waals surface area contributed by atoms with Gasteiger partial charge in [0.2, 0.25) is 0 Å². The van der Waals surface area contributed by atoms with Crippen molar-refractivity contribution in [2.45, 2.75) is 25.4 Å². The van der Waals surface area contributed by atoms with E-state index in [2.05, 4.69) is 36.8 Å². The molecule has 1 aromatic heterocycles. The lowest BCUT2D eigenvalue weighted by atomic mass is 10.1. The van der Waals surface area contributed by atoms with Crippen molar-refractivity contribution in [1.29, 1.82) is 0 Å². The minimum Gasteiger partial charge on any atom is -0.331 e. The standard InChI is InChI=1S/C16H14Br2N2O/c17-12-1-4-15(18)14(9-12)16(21)20(13-2-3-13)10-11-5-7-19-8-6-11/h1,4-9,13H,2-3,10H2. The molecule has 5 heteroatoms. The molecule has 0 atom stereocenters. The van der Waals surface area contributed by atoms with E-state index in [4.69, 9.17) is 0 Å². The lowest BCUT2D eigenvalue weighted by Crippen LogP contribution is -2.32. The summed E-state index contributed by atoms with van der Waals surface area (Å²) in [6, 6.07) is 9.96. The third kappa shape index (κ3) is 3.52. The quantitative estimate of drug-likeness (QED) is 0.749. The number of aromatic nitrogens is 1. The van der Waals surface area contributed by atoms with Crippen LogP contribution in [0.15, 0.2) is 51.7 Å². The first-order valence-corrected chi connectivity index (χ1v) is 8.38. The van der Waals surface area contributed by atoms with Crippen LogP contribution in [-0.2, 0) is 6.54 Å². The van der Waals surface area contributed by atoms with E-state index in [0.717, 1.165) is 27.4 Å². The second-order valence-electron chi connectivity index (χ2n) is 5.14. The van der Waals surface area contributed by atoms with E-state index in [9.17, 15) is 4.79 Å². The second-order valence-corrected chi connectivity index (χ2v) is 6.91. The Hall–Kier alpha value is -1.20. The van der Waals surface area contributed by atoms with Gasteiger partial charge in [-0.1, -0.05) is 15.9 Å². The first-order valence-electron chi connectivity index (χ1n) is 6.80. The number of hydrogen-bond acceptors (Lipinski definition) is 2. The van der Waals surface area contributed by atoms with Crippen molar-refractivity contribution in [3.8, 4) is 0 Å². The third-order valence-electron chi connectivity index (χ3n) is 3.51. The van der Waals surface area contributed by atoms with Crippen molar-refractivity contribution in [2.24, 2.45) is 0 Å². The Morgan fingerprint density at radius 2 is 1.90 bits per heavy atom. The van der Waals surface area contributed by atoms with Gasteiger partial charge in [-0.25, -0.2) is 0 Å². The van der Waals surface area contributed by atoms with Gasteiger partial charge in [-0.2, -0.15) is 0 Å². The maximum absolute atomic E-state index is 12.9. The predicted molar refractivity (Wildman–Crippen MR) is 89.0 cm³/mol. The van der Waals surface area contributed by atoms with Gasteiger partial charge in [-0.15, -0.1) is 0 Å². The van der Waals surface area contributed by atoms with Gasteiger partial charge in [0.05, 0.1) is 5.56 Å². The molecule has 1 fully saturated rings. The molecule has 0 radical (unpaired) electrons. The highest BCUT2D eigenvalue weighted by atomic mass is 79.9. The van der Waals surface area contributed by atoms with E-state index >= 15 is 0 Å². The van der Waals surface area contributed by atoms with Crippen LogP contribution in [0.3, 0.4) is 0 Å². The highest BCUT2D eigenvalue weighted by Crippen LogP contribution is 2.32. The van der Waals surface area contributed by atoms with Crippen LogP contribution in [0, 0.1) is 0 Å². The van der Waals surface area contributed by atoms with E-state index in [1.165, 1.54) is 0 Å². The molecule has 0 spiro atoms. The van der Waals surface area contributed by atoms with Gasteiger partial charge < -0.3 is 4.90 Å². The summed E-state index contributed by atoms with van der Waals surface area (Å²) in [4.78, 5) is 18.8. The van der Waals surface area contributed by atoms with Gasteiger partial charge >= 0.3 is 0 Å². The SMILES string of the molecule is O=C(c1cc(Br)ccc1Br)N(Cc1ccncc1)C1CC1. The summed E-state index contributed by atoms with van der Waals surface area (Å²) < 4.78 is 1.74. The Morgan fingerprint density at radius 1 is 1.19 bits per heavy atom. The summed E-state index contributed by atoms with van der Waals surface area (Å²) in [6.45, 7) is 0.630. The Balaban J connectivity index is 1.87. The topological polar surface area (TPSA) is 33.2 Å². The zero-order valence-electron chi connectivity index (χ0n) is 11.3.